The number of nitrogens with one attached hydrogen (secondary N) is 1. The first-order valence-electron chi connectivity index (χ1n) is 7.87. The maximum Gasteiger partial charge on any atom is 0.137 e. The Morgan fingerprint density at radius 1 is 0.720 bits per heavy atom. The first-order valence-corrected chi connectivity index (χ1v) is 8.62. The highest BCUT2D eigenvalue weighted by Gasteiger charge is 2.14. The molecule has 0 aliphatic carbocycles. The minimum absolute atomic E-state index is 0.616. The number of aromatic amines is 1. The molecule has 1 heterocycles. The molecule has 2 nitrogen and oxygen atoms in total. The summed E-state index contributed by atoms with van der Waals surface area (Å²) in [5.74, 6) is 0.806. The predicted molar refractivity (Wildman–Crippen MR) is 105 cm³/mol. The summed E-state index contributed by atoms with van der Waals surface area (Å²) in [4.78, 5) is 7.57. The molecule has 4 aromatic rings. The molecular formula is C21H14Cl2N2. The van der Waals surface area contributed by atoms with E-state index >= 15 is 0 Å². The fraction of sp³-hybridized carbons (Fsp3) is 0. The van der Waals surface area contributed by atoms with Crippen molar-refractivity contribution < 1.29 is 0 Å². The van der Waals surface area contributed by atoms with Crippen molar-refractivity contribution in [1.29, 1.82) is 0 Å². The van der Waals surface area contributed by atoms with Crippen LogP contribution in [0.1, 0.15) is 0 Å². The summed E-state index contributed by atoms with van der Waals surface area (Å²) < 4.78 is 0. The molecule has 0 bridgehead atoms. The third-order valence-electron chi connectivity index (χ3n) is 4.10. The van der Waals surface area contributed by atoms with Gasteiger partial charge in [-0.25, -0.2) is 4.98 Å². The number of H-pyrrole nitrogens is 1. The zero-order valence-electron chi connectivity index (χ0n) is 13.2. The van der Waals surface area contributed by atoms with Gasteiger partial charge in [-0.2, -0.15) is 0 Å². The van der Waals surface area contributed by atoms with E-state index in [0.29, 0.717) is 10.0 Å². The monoisotopic (exact) mass is 364 g/mol. The van der Waals surface area contributed by atoms with Gasteiger partial charge in [-0.15, -0.1) is 0 Å². The van der Waals surface area contributed by atoms with Crippen molar-refractivity contribution in [3.05, 3.63) is 89.2 Å². The fourth-order valence-corrected chi connectivity index (χ4v) is 3.41. The Balaban J connectivity index is 1.95. The van der Waals surface area contributed by atoms with Crippen molar-refractivity contribution in [3.63, 3.8) is 0 Å². The van der Waals surface area contributed by atoms with E-state index in [1.165, 1.54) is 0 Å². The lowest BCUT2D eigenvalue weighted by molar-refractivity contribution is 1.31. The Bertz CT molecular complexity index is 1010. The average molecular weight is 365 g/mol. The summed E-state index contributed by atoms with van der Waals surface area (Å²) in [6.45, 7) is 0. The van der Waals surface area contributed by atoms with Crippen molar-refractivity contribution in [3.8, 4) is 33.6 Å². The van der Waals surface area contributed by atoms with E-state index in [1.54, 1.807) is 12.3 Å². The molecule has 1 aromatic heterocycles. The van der Waals surface area contributed by atoms with Crippen molar-refractivity contribution in [2.24, 2.45) is 0 Å². The number of hydrogen-bond donors (Lipinski definition) is 1. The van der Waals surface area contributed by atoms with Crippen LogP contribution in [0.25, 0.3) is 33.6 Å². The van der Waals surface area contributed by atoms with Gasteiger partial charge < -0.3 is 4.98 Å². The largest absolute Gasteiger partial charge is 0.345 e. The number of imidazole rings is 1. The third-order valence-corrected chi connectivity index (χ3v) is 4.65. The molecule has 0 unspecified atom stereocenters. The zero-order valence-corrected chi connectivity index (χ0v) is 14.7. The molecule has 25 heavy (non-hydrogen) atoms. The average Bonchev–Trinajstić information content (AvgIpc) is 3.17. The smallest absolute Gasteiger partial charge is 0.137 e. The van der Waals surface area contributed by atoms with E-state index < -0.39 is 0 Å². The molecule has 0 radical (unpaired) electrons. The first kappa shape index (κ1) is 15.9. The minimum atomic E-state index is 0.616. The molecule has 1 N–H and O–H groups in total. The minimum Gasteiger partial charge on any atom is -0.345 e. The lowest BCUT2D eigenvalue weighted by Crippen LogP contribution is -1.90. The van der Waals surface area contributed by atoms with Gasteiger partial charge in [0.05, 0.1) is 0 Å². The maximum absolute atomic E-state index is 6.48. The van der Waals surface area contributed by atoms with Crippen LogP contribution in [0.5, 0.6) is 0 Å². The molecular weight excluding hydrogens is 351 g/mol. The van der Waals surface area contributed by atoms with Gasteiger partial charge in [-0.05, 0) is 34.9 Å². The molecule has 0 aliphatic heterocycles. The molecule has 3 aromatic carbocycles. The van der Waals surface area contributed by atoms with Gasteiger partial charge in [-0.3, -0.25) is 0 Å². The first-order chi connectivity index (χ1) is 12.2. The number of nitrogens with zero attached hydrogens (tertiary/aromatic N) is 1. The lowest BCUT2D eigenvalue weighted by atomic mass is 9.94. The summed E-state index contributed by atoms with van der Waals surface area (Å²) in [6, 6.07) is 22.1. The van der Waals surface area contributed by atoms with Crippen LogP contribution >= 0.6 is 23.2 Å². The SMILES string of the molecule is Clc1ccc(-c2cc(-c3ccccc3)ccc2-c2ncc[nH]2)c(Cl)c1. The highest BCUT2D eigenvalue weighted by molar-refractivity contribution is 6.36. The van der Waals surface area contributed by atoms with Gasteiger partial charge in [0, 0.05) is 33.6 Å². The number of rotatable bonds is 3. The molecule has 122 valence electrons. The van der Waals surface area contributed by atoms with Gasteiger partial charge in [0.25, 0.3) is 0 Å². The Labute approximate surface area is 156 Å². The zero-order chi connectivity index (χ0) is 17.2. The van der Waals surface area contributed by atoms with Crippen molar-refractivity contribution in [2.45, 2.75) is 0 Å². The number of benzene rings is 3. The quantitative estimate of drug-likeness (QED) is 0.429. The Kier molecular flexibility index (Phi) is 4.31. The summed E-state index contributed by atoms with van der Waals surface area (Å²) in [5, 5.41) is 1.23. The molecule has 0 saturated heterocycles. The molecule has 0 saturated carbocycles. The Morgan fingerprint density at radius 2 is 1.52 bits per heavy atom. The second-order valence-electron chi connectivity index (χ2n) is 5.69. The number of aromatic nitrogens is 2. The van der Waals surface area contributed by atoms with Crippen LogP contribution in [0.3, 0.4) is 0 Å². The fourth-order valence-electron chi connectivity index (χ4n) is 2.90. The molecule has 4 rings (SSSR count). The van der Waals surface area contributed by atoms with Crippen molar-refractivity contribution >= 4 is 23.2 Å². The Morgan fingerprint density at radius 3 is 2.24 bits per heavy atom. The molecule has 0 fully saturated rings. The van der Waals surface area contributed by atoms with Gasteiger partial charge in [0.1, 0.15) is 5.82 Å². The summed E-state index contributed by atoms with van der Waals surface area (Å²) >= 11 is 12.5. The maximum atomic E-state index is 6.48. The summed E-state index contributed by atoms with van der Waals surface area (Å²) in [7, 11) is 0. The molecule has 0 amide bonds. The van der Waals surface area contributed by atoms with Crippen molar-refractivity contribution in [1.82, 2.24) is 9.97 Å². The van der Waals surface area contributed by atoms with Crippen LogP contribution in [-0.2, 0) is 0 Å². The predicted octanol–water partition coefficient (Wildman–Crippen LogP) is 6.72. The van der Waals surface area contributed by atoms with Gasteiger partial charge in [0.2, 0.25) is 0 Å². The van der Waals surface area contributed by atoms with Crippen LogP contribution in [-0.4, -0.2) is 9.97 Å². The highest BCUT2D eigenvalue weighted by atomic mass is 35.5. The van der Waals surface area contributed by atoms with Gasteiger partial charge in [-0.1, -0.05) is 71.7 Å². The van der Waals surface area contributed by atoms with Crippen LogP contribution in [0.15, 0.2) is 79.1 Å². The topological polar surface area (TPSA) is 28.7 Å². The second kappa shape index (κ2) is 6.75. The molecule has 4 heteroatoms. The normalized spacial score (nSPS) is 10.8. The second-order valence-corrected chi connectivity index (χ2v) is 6.53. The molecule has 0 aliphatic rings. The summed E-state index contributed by atoms with van der Waals surface area (Å²) in [6.07, 6.45) is 3.56. The van der Waals surface area contributed by atoms with E-state index in [1.807, 2.05) is 36.5 Å². The van der Waals surface area contributed by atoms with Crippen LogP contribution < -0.4 is 0 Å². The van der Waals surface area contributed by atoms with Crippen LogP contribution in [0.4, 0.5) is 0 Å². The highest BCUT2D eigenvalue weighted by Crippen LogP contribution is 2.38. The standard InChI is InChI=1S/C21H14Cl2N2/c22-16-7-9-17(20(23)13-16)19-12-15(14-4-2-1-3-5-14)6-8-18(19)21-24-10-11-25-21/h1-13H,(H,24,25). The van der Waals surface area contributed by atoms with E-state index in [-0.39, 0.29) is 0 Å². The van der Waals surface area contributed by atoms with Crippen LogP contribution in [0.2, 0.25) is 10.0 Å². The van der Waals surface area contributed by atoms with Gasteiger partial charge in [0.15, 0.2) is 0 Å². The molecule has 0 atom stereocenters. The van der Waals surface area contributed by atoms with E-state index in [2.05, 4.69) is 40.3 Å². The lowest BCUT2D eigenvalue weighted by Gasteiger charge is -2.13. The summed E-state index contributed by atoms with van der Waals surface area (Å²) in [5.41, 5.74) is 5.21. The van der Waals surface area contributed by atoms with E-state index in [4.69, 9.17) is 23.2 Å². The van der Waals surface area contributed by atoms with Gasteiger partial charge >= 0.3 is 0 Å². The number of hydrogen-bond acceptors (Lipinski definition) is 1. The van der Waals surface area contributed by atoms with Crippen molar-refractivity contribution in [2.75, 3.05) is 0 Å². The third kappa shape index (κ3) is 3.19. The Hall–Kier alpha value is -2.55. The molecule has 0 spiro atoms. The van der Waals surface area contributed by atoms with E-state index in [9.17, 15) is 0 Å². The number of halogens is 2. The van der Waals surface area contributed by atoms with E-state index in [0.717, 1.165) is 33.6 Å². The van der Waals surface area contributed by atoms with Crippen LogP contribution in [0, 0.1) is 0 Å².